The molecule has 1 N–H and O–H groups in total. The minimum atomic E-state index is -0.166. The zero-order chi connectivity index (χ0) is 20.5. The molecule has 0 unspecified atom stereocenters. The fourth-order valence-corrected chi connectivity index (χ4v) is 3.23. The van der Waals surface area contributed by atoms with Gasteiger partial charge in [-0.2, -0.15) is 0 Å². The van der Waals surface area contributed by atoms with Gasteiger partial charge < -0.3 is 19.4 Å². The predicted molar refractivity (Wildman–Crippen MR) is 114 cm³/mol. The number of imidazole rings is 1. The Bertz CT molecular complexity index is 965. The van der Waals surface area contributed by atoms with Crippen molar-refractivity contribution in [3.05, 3.63) is 67.0 Å². The molecule has 0 spiro atoms. The number of carbonyl (C=O) groups is 1. The first kappa shape index (κ1) is 20.5. The van der Waals surface area contributed by atoms with Crippen molar-refractivity contribution in [3.8, 4) is 11.5 Å². The topological polar surface area (TPSA) is 65.4 Å². The van der Waals surface area contributed by atoms with E-state index in [1.54, 1.807) is 7.11 Å². The van der Waals surface area contributed by atoms with Crippen LogP contribution in [0.15, 0.2) is 61.2 Å². The highest BCUT2D eigenvalue weighted by Crippen LogP contribution is 2.26. The number of aryl methyl sites for hydroxylation is 1. The Hall–Kier alpha value is -3.28. The van der Waals surface area contributed by atoms with Gasteiger partial charge in [0.15, 0.2) is 11.5 Å². The van der Waals surface area contributed by atoms with Crippen molar-refractivity contribution in [1.82, 2.24) is 14.9 Å². The van der Waals surface area contributed by atoms with E-state index >= 15 is 0 Å². The summed E-state index contributed by atoms with van der Waals surface area (Å²) in [7, 11) is 1.64. The van der Waals surface area contributed by atoms with Crippen molar-refractivity contribution < 1.29 is 14.3 Å². The number of methoxy groups -OCH3 is 1. The molecule has 0 aliphatic rings. The molecule has 1 heterocycles. The van der Waals surface area contributed by atoms with Gasteiger partial charge in [-0.1, -0.05) is 30.8 Å². The third-order valence-electron chi connectivity index (χ3n) is 4.67. The quantitative estimate of drug-likeness (QED) is 0.398. The standard InChI is InChI=1S/C23H27N3O3/c1-3-23(27)24-15-14-22-25-18-10-4-5-11-19(18)26(22)16-8-9-17-29-21-13-7-6-12-20(21)28-2/h3-7,10-13H,1,8-9,14-17H2,2H3,(H,24,27). The Labute approximate surface area is 171 Å². The van der Waals surface area contributed by atoms with Gasteiger partial charge in [0, 0.05) is 19.5 Å². The maximum Gasteiger partial charge on any atom is 0.243 e. The van der Waals surface area contributed by atoms with E-state index in [1.165, 1.54) is 6.08 Å². The predicted octanol–water partition coefficient (Wildman–Crippen LogP) is 3.75. The zero-order valence-corrected chi connectivity index (χ0v) is 16.8. The molecule has 6 heteroatoms. The van der Waals surface area contributed by atoms with Gasteiger partial charge in [0.2, 0.25) is 5.91 Å². The van der Waals surface area contributed by atoms with Crippen LogP contribution in [0.4, 0.5) is 0 Å². The molecule has 2 aromatic carbocycles. The molecule has 0 saturated heterocycles. The van der Waals surface area contributed by atoms with Crippen molar-refractivity contribution in [2.24, 2.45) is 0 Å². The molecule has 1 aromatic heterocycles. The van der Waals surface area contributed by atoms with Crippen molar-refractivity contribution >= 4 is 16.9 Å². The number of hydrogen-bond acceptors (Lipinski definition) is 4. The normalized spacial score (nSPS) is 10.7. The largest absolute Gasteiger partial charge is 0.493 e. The first-order valence-corrected chi connectivity index (χ1v) is 9.83. The Balaban J connectivity index is 1.57. The highest BCUT2D eigenvalue weighted by atomic mass is 16.5. The van der Waals surface area contributed by atoms with Crippen molar-refractivity contribution in [1.29, 1.82) is 0 Å². The summed E-state index contributed by atoms with van der Waals surface area (Å²) in [6.45, 7) is 5.48. The number of hydrogen-bond donors (Lipinski definition) is 1. The minimum absolute atomic E-state index is 0.166. The number of aromatic nitrogens is 2. The van der Waals surface area contributed by atoms with Gasteiger partial charge in [-0.25, -0.2) is 4.98 Å². The summed E-state index contributed by atoms with van der Waals surface area (Å²) in [5, 5.41) is 2.82. The maximum absolute atomic E-state index is 11.4. The smallest absolute Gasteiger partial charge is 0.243 e. The number of nitrogens with zero attached hydrogens (tertiary/aromatic N) is 2. The van der Waals surface area contributed by atoms with Gasteiger partial charge in [-0.05, 0) is 43.2 Å². The van der Waals surface area contributed by atoms with E-state index in [1.807, 2.05) is 42.5 Å². The van der Waals surface area contributed by atoms with E-state index in [2.05, 4.69) is 22.5 Å². The van der Waals surface area contributed by atoms with Crippen LogP contribution >= 0.6 is 0 Å². The molecule has 0 atom stereocenters. The molecule has 29 heavy (non-hydrogen) atoms. The molecular formula is C23H27N3O3. The number of amides is 1. The van der Waals surface area contributed by atoms with Crippen LogP contribution in [0.2, 0.25) is 0 Å². The monoisotopic (exact) mass is 393 g/mol. The second-order valence-electron chi connectivity index (χ2n) is 6.62. The Kier molecular flexibility index (Phi) is 7.28. The average molecular weight is 393 g/mol. The number of ether oxygens (including phenoxy) is 2. The van der Waals surface area contributed by atoms with Crippen LogP contribution in [0.5, 0.6) is 11.5 Å². The van der Waals surface area contributed by atoms with Crippen LogP contribution in [0, 0.1) is 0 Å². The van der Waals surface area contributed by atoms with Gasteiger partial charge in [0.1, 0.15) is 5.82 Å². The van der Waals surface area contributed by atoms with E-state index < -0.39 is 0 Å². The van der Waals surface area contributed by atoms with Gasteiger partial charge in [0.25, 0.3) is 0 Å². The molecule has 0 aliphatic heterocycles. The number of carbonyl (C=O) groups excluding carboxylic acids is 1. The fourth-order valence-electron chi connectivity index (χ4n) is 3.23. The fraction of sp³-hybridized carbons (Fsp3) is 0.304. The summed E-state index contributed by atoms with van der Waals surface area (Å²) < 4.78 is 13.4. The summed E-state index contributed by atoms with van der Waals surface area (Å²) in [6, 6.07) is 15.8. The van der Waals surface area contributed by atoms with Gasteiger partial charge in [0.05, 0.1) is 24.8 Å². The number of rotatable bonds is 11. The van der Waals surface area contributed by atoms with E-state index in [0.29, 0.717) is 19.6 Å². The second-order valence-corrected chi connectivity index (χ2v) is 6.62. The van der Waals surface area contributed by atoms with Crippen molar-refractivity contribution in [2.75, 3.05) is 20.3 Å². The first-order valence-electron chi connectivity index (χ1n) is 9.83. The number of nitrogens with one attached hydrogen (secondary N) is 1. The number of unbranched alkanes of at least 4 members (excludes halogenated alkanes) is 1. The van der Waals surface area contributed by atoms with E-state index in [-0.39, 0.29) is 5.91 Å². The molecule has 6 nitrogen and oxygen atoms in total. The van der Waals surface area contributed by atoms with Gasteiger partial charge >= 0.3 is 0 Å². The summed E-state index contributed by atoms with van der Waals surface area (Å²) in [4.78, 5) is 16.1. The zero-order valence-electron chi connectivity index (χ0n) is 16.8. The lowest BCUT2D eigenvalue weighted by Gasteiger charge is -2.12. The van der Waals surface area contributed by atoms with Gasteiger partial charge in [-0.3, -0.25) is 4.79 Å². The second kappa shape index (κ2) is 10.3. The van der Waals surface area contributed by atoms with Crippen LogP contribution in [0.1, 0.15) is 18.7 Å². The van der Waals surface area contributed by atoms with Crippen molar-refractivity contribution in [2.45, 2.75) is 25.8 Å². The molecule has 3 aromatic rings. The van der Waals surface area contributed by atoms with E-state index in [4.69, 9.17) is 14.5 Å². The first-order chi connectivity index (χ1) is 14.2. The molecule has 0 radical (unpaired) electrons. The Morgan fingerprint density at radius 1 is 1.14 bits per heavy atom. The molecule has 3 rings (SSSR count). The third kappa shape index (κ3) is 5.38. The van der Waals surface area contributed by atoms with Crippen LogP contribution < -0.4 is 14.8 Å². The summed E-state index contributed by atoms with van der Waals surface area (Å²) >= 11 is 0. The lowest BCUT2D eigenvalue weighted by Crippen LogP contribution is -2.24. The Morgan fingerprint density at radius 2 is 1.90 bits per heavy atom. The molecule has 0 fully saturated rings. The lowest BCUT2D eigenvalue weighted by molar-refractivity contribution is -0.116. The van der Waals surface area contributed by atoms with Crippen LogP contribution in [0.25, 0.3) is 11.0 Å². The number of benzene rings is 2. The highest BCUT2D eigenvalue weighted by molar-refractivity contribution is 5.86. The summed E-state index contributed by atoms with van der Waals surface area (Å²) in [5.41, 5.74) is 2.09. The van der Waals surface area contributed by atoms with Crippen LogP contribution in [-0.4, -0.2) is 35.7 Å². The summed E-state index contributed by atoms with van der Waals surface area (Å²) in [6.07, 6.45) is 3.83. The maximum atomic E-state index is 11.4. The SMILES string of the molecule is C=CC(=O)NCCc1nc2ccccc2n1CCCCOc1ccccc1OC. The van der Waals surface area contributed by atoms with E-state index in [0.717, 1.165) is 47.7 Å². The summed E-state index contributed by atoms with van der Waals surface area (Å²) in [5.74, 6) is 2.32. The third-order valence-corrected chi connectivity index (χ3v) is 4.67. The molecule has 0 bridgehead atoms. The Morgan fingerprint density at radius 3 is 2.69 bits per heavy atom. The van der Waals surface area contributed by atoms with Gasteiger partial charge in [-0.15, -0.1) is 0 Å². The number of fused-ring (bicyclic) bond motifs is 1. The molecule has 1 amide bonds. The minimum Gasteiger partial charge on any atom is -0.493 e. The van der Waals surface area contributed by atoms with Crippen LogP contribution in [0.3, 0.4) is 0 Å². The number of para-hydroxylation sites is 4. The van der Waals surface area contributed by atoms with Crippen LogP contribution in [-0.2, 0) is 17.8 Å². The molecule has 0 saturated carbocycles. The lowest BCUT2D eigenvalue weighted by atomic mass is 10.2. The highest BCUT2D eigenvalue weighted by Gasteiger charge is 2.10. The molecular weight excluding hydrogens is 366 g/mol. The van der Waals surface area contributed by atoms with Crippen molar-refractivity contribution in [3.63, 3.8) is 0 Å². The molecule has 152 valence electrons. The average Bonchev–Trinajstić information content (AvgIpc) is 3.11. The molecule has 0 aliphatic carbocycles. The van der Waals surface area contributed by atoms with E-state index in [9.17, 15) is 4.79 Å².